The molecule has 14 heavy (non-hydrogen) atoms. The first-order valence-corrected chi connectivity index (χ1v) is 4.93. The highest BCUT2D eigenvalue weighted by molar-refractivity contribution is 5.72. The number of ether oxygens (including phenoxy) is 3. The van der Waals surface area contributed by atoms with Gasteiger partial charge in [0, 0.05) is 5.41 Å². The van der Waals surface area contributed by atoms with Crippen LogP contribution in [0.25, 0.3) is 0 Å². The highest BCUT2D eigenvalue weighted by Gasteiger charge is 2.44. The van der Waals surface area contributed by atoms with Gasteiger partial charge in [-0.1, -0.05) is 20.8 Å². The highest BCUT2D eigenvalue weighted by atomic mass is 16.7. The van der Waals surface area contributed by atoms with Gasteiger partial charge >= 0.3 is 5.97 Å². The van der Waals surface area contributed by atoms with E-state index in [2.05, 4.69) is 20.8 Å². The molecule has 0 unspecified atom stereocenters. The Morgan fingerprint density at radius 1 is 1.29 bits per heavy atom. The van der Waals surface area contributed by atoms with E-state index in [1.807, 2.05) is 0 Å². The maximum absolute atomic E-state index is 11.0. The van der Waals surface area contributed by atoms with Crippen molar-refractivity contribution in [1.82, 2.24) is 0 Å². The number of esters is 1. The average Bonchev–Trinajstić information content (AvgIpc) is 2.41. The Hall–Kier alpha value is -0.610. The number of rotatable bonds is 0. The van der Waals surface area contributed by atoms with Gasteiger partial charge in [-0.15, -0.1) is 0 Å². The van der Waals surface area contributed by atoms with E-state index in [9.17, 15) is 4.79 Å². The highest BCUT2D eigenvalue weighted by Crippen LogP contribution is 2.32. The first-order chi connectivity index (χ1) is 6.47. The lowest BCUT2D eigenvalue weighted by Crippen LogP contribution is -2.46. The van der Waals surface area contributed by atoms with Gasteiger partial charge in [-0.2, -0.15) is 0 Å². The molecule has 3 atom stereocenters. The van der Waals surface area contributed by atoms with Crippen molar-refractivity contribution in [3.63, 3.8) is 0 Å². The molecule has 0 aliphatic carbocycles. The number of carbonyl (C=O) groups excluding carboxylic acids is 1. The molecule has 0 N–H and O–H groups in total. The molecule has 0 aromatic heterocycles. The number of hydrogen-bond acceptors (Lipinski definition) is 4. The zero-order chi connectivity index (χ0) is 10.3. The Bertz CT molecular complexity index is 243. The molecule has 0 bridgehead atoms. The lowest BCUT2D eigenvalue weighted by molar-refractivity contribution is -0.272. The van der Waals surface area contributed by atoms with Crippen LogP contribution in [0.1, 0.15) is 27.2 Å². The Morgan fingerprint density at radius 2 is 2.00 bits per heavy atom. The molecule has 0 amide bonds. The quantitative estimate of drug-likeness (QED) is 0.549. The molecule has 4 heteroatoms. The average molecular weight is 200 g/mol. The normalized spacial score (nSPS) is 37.9. The third kappa shape index (κ3) is 1.77. The van der Waals surface area contributed by atoms with Crippen LogP contribution in [0.2, 0.25) is 0 Å². The molecule has 0 aromatic carbocycles. The van der Waals surface area contributed by atoms with Crippen molar-refractivity contribution in [2.45, 2.75) is 45.7 Å². The van der Waals surface area contributed by atoms with Crippen LogP contribution in [0.3, 0.4) is 0 Å². The lowest BCUT2D eigenvalue weighted by atomic mass is 9.95. The second kappa shape index (κ2) is 3.21. The van der Waals surface area contributed by atoms with Crippen LogP contribution in [0.15, 0.2) is 0 Å². The molecule has 2 fully saturated rings. The smallest absolute Gasteiger partial charge is 0.309 e. The zero-order valence-corrected chi connectivity index (χ0v) is 8.78. The fourth-order valence-corrected chi connectivity index (χ4v) is 1.70. The summed E-state index contributed by atoms with van der Waals surface area (Å²) in [5, 5.41) is 0. The van der Waals surface area contributed by atoms with Gasteiger partial charge in [0.25, 0.3) is 0 Å². The van der Waals surface area contributed by atoms with E-state index in [1.54, 1.807) is 0 Å². The fraction of sp³-hybridized carbons (Fsp3) is 0.900. The number of fused-ring (bicyclic) bond motifs is 1. The van der Waals surface area contributed by atoms with E-state index in [0.717, 1.165) is 0 Å². The topological polar surface area (TPSA) is 44.8 Å². The van der Waals surface area contributed by atoms with Crippen molar-refractivity contribution in [1.29, 1.82) is 0 Å². The van der Waals surface area contributed by atoms with Crippen molar-refractivity contribution in [3.8, 4) is 0 Å². The fourth-order valence-electron chi connectivity index (χ4n) is 1.70. The van der Waals surface area contributed by atoms with Crippen LogP contribution in [0.5, 0.6) is 0 Å². The molecule has 2 heterocycles. The summed E-state index contributed by atoms with van der Waals surface area (Å²) in [5.41, 5.74) is -0.0589. The van der Waals surface area contributed by atoms with Crippen LogP contribution in [-0.2, 0) is 19.0 Å². The third-order valence-electron chi connectivity index (χ3n) is 2.48. The minimum absolute atomic E-state index is 0.0589. The molecule has 0 spiro atoms. The predicted octanol–water partition coefficient (Wildman–Crippen LogP) is 1.09. The first kappa shape index (κ1) is 9.93. The standard InChI is InChI=1S/C10H16O4/c1-10(2,3)9-12-5-7-6(14-9)4-8(11)13-7/h6-7,9H,4-5H2,1-3H3/t6-,7-,9+/m1/s1. The predicted molar refractivity (Wildman–Crippen MR) is 48.6 cm³/mol. The van der Waals surface area contributed by atoms with Gasteiger partial charge in [0.1, 0.15) is 6.10 Å². The summed E-state index contributed by atoms with van der Waals surface area (Å²) < 4.78 is 16.2. The second-order valence-electron chi connectivity index (χ2n) is 4.94. The molecule has 80 valence electrons. The first-order valence-electron chi connectivity index (χ1n) is 4.93. The van der Waals surface area contributed by atoms with Gasteiger partial charge in [-0.25, -0.2) is 0 Å². The summed E-state index contributed by atoms with van der Waals surface area (Å²) in [5.74, 6) is -0.182. The Labute approximate surface area is 83.5 Å². The summed E-state index contributed by atoms with van der Waals surface area (Å²) >= 11 is 0. The molecule has 2 aliphatic rings. The molecule has 0 aromatic rings. The van der Waals surface area contributed by atoms with E-state index < -0.39 is 0 Å². The molecule has 2 aliphatic heterocycles. The summed E-state index contributed by atoms with van der Waals surface area (Å²) in [6, 6.07) is 0. The van der Waals surface area contributed by atoms with E-state index in [-0.39, 0.29) is 29.9 Å². The largest absolute Gasteiger partial charge is 0.457 e. The Morgan fingerprint density at radius 3 is 2.64 bits per heavy atom. The minimum atomic E-state index is -0.238. The molecule has 2 rings (SSSR count). The molecule has 2 saturated heterocycles. The maximum atomic E-state index is 11.0. The molecule has 0 saturated carbocycles. The number of hydrogen-bond donors (Lipinski definition) is 0. The molecule has 0 radical (unpaired) electrons. The van der Waals surface area contributed by atoms with Crippen LogP contribution < -0.4 is 0 Å². The Balaban J connectivity index is 2.01. The molecular formula is C10H16O4. The van der Waals surface area contributed by atoms with Crippen LogP contribution in [0.4, 0.5) is 0 Å². The van der Waals surface area contributed by atoms with E-state index in [0.29, 0.717) is 13.0 Å². The van der Waals surface area contributed by atoms with Gasteiger partial charge in [0.2, 0.25) is 0 Å². The van der Waals surface area contributed by atoms with E-state index in [1.165, 1.54) is 0 Å². The van der Waals surface area contributed by atoms with Crippen molar-refractivity contribution in [3.05, 3.63) is 0 Å². The van der Waals surface area contributed by atoms with Gasteiger partial charge in [0.05, 0.1) is 13.0 Å². The van der Waals surface area contributed by atoms with Crippen molar-refractivity contribution in [2.75, 3.05) is 6.61 Å². The van der Waals surface area contributed by atoms with Gasteiger partial charge in [0.15, 0.2) is 12.4 Å². The molecule has 4 nitrogen and oxygen atoms in total. The summed E-state index contributed by atoms with van der Waals surface area (Å²) in [7, 11) is 0. The van der Waals surface area contributed by atoms with E-state index in [4.69, 9.17) is 14.2 Å². The van der Waals surface area contributed by atoms with E-state index >= 15 is 0 Å². The van der Waals surface area contributed by atoms with Crippen LogP contribution >= 0.6 is 0 Å². The second-order valence-corrected chi connectivity index (χ2v) is 4.94. The summed E-state index contributed by atoms with van der Waals surface area (Å²) in [6.45, 7) is 6.61. The SMILES string of the molecule is CC(C)(C)[C@H]1OC[C@H]2OC(=O)C[C@H]2O1. The van der Waals surface area contributed by atoms with Gasteiger partial charge < -0.3 is 14.2 Å². The third-order valence-corrected chi connectivity index (χ3v) is 2.48. The number of carbonyl (C=O) groups is 1. The lowest BCUT2D eigenvalue weighted by Gasteiger charge is -2.37. The maximum Gasteiger partial charge on any atom is 0.309 e. The zero-order valence-electron chi connectivity index (χ0n) is 8.78. The van der Waals surface area contributed by atoms with Crippen molar-refractivity contribution >= 4 is 5.97 Å². The Kier molecular flexibility index (Phi) is 2.27. The van der Waals surface area contributed by atoms with Crippen molar-refractivity contribution in [2.24, 2.45) is 5.41 Å². The van der Waals surface area contributed by atoms with Gasteiger partial charge in [-0.3, -0.25) is 4.79 Å². The minimum Gasteiger partial charge on any atom is -0.457 e. The van der Waals surface area contributed by atoms with Crippen LogP contribution in [0, 0.1) is 5.41 Å². The summed E-state index contributed by atoms with van der Waals surface area (Å²) in [4.78, 5) is 11.0. The van der Waals surface area contributed by atoms with Crippen molar-refractivity contribution < 1.29 is 19.0 Å². The van der Waals surface area contributed by atoms with Crippen LogP contribution in [-0.4, -0.2) is 31.1 Å². The molecular weight excluding hydrogens is 184 g/mol. The van der Waals surface area contributed by atoms with Gasteiger partial charge in [-0.05, 0) is 0 Å². The monoisotopic (exact) mass is 200 g/mol. The summed E-state index contributed by atoms with van der Waals surface area (Å²) in [6.07, 6.45) is -0.180.